The summed E-state index contributed by atoms with van der Waals surface area (Å²) < 4.78 is 17.0. The van der Waals surface area contributed by atoms with E-state index in [2.05, 4.69) is 4.99 Å². The van der Waals surface area contributed by atoms with Crippen molar-refractivity contribution in [1.29, 1.82) is 0 Å². The zero-order valence-corrected chi connectivity index (χ0v) is 21.9. The molecule has 1 fully saturated rings. The molecule has 3 aromatic rings. The first-order valence-electron chi connectivity index (χ1n) is 11.6. The molecule has 4 rings (SSSR count). The van der Waals surface area contributed by atoms with Gasteiger partial charge in [-0.15, -0.1) is 0 Å². The maximum absolute atomic E-state index is 13.1. The van der Waals surface area contributed by atoms with Crippen molar-refractivity contribution >= 4 is 46.2 Å². The Hall–Kier alpha value is -3.42. The second-order valence-electron chi connectivity index (χ2n) is 7.79. The van der Waals surface area contributed by atoms with Crippen LogP contribution in [0, 0.1) is 0 Å². The Morgan fingerprint density at radius 2 is 1.78 bits per heavy atom. The van der Waals surface area contributed by atoms with Crippen molar-refractivity contribution in [3.05, 3.63) is 87.8 Å². The second kappa shape index (κ2) is 12.0. The van der Waals surface area contributed by atoms with E-state index in [1.54, 1.807) is 18.1 Å². The zero-order chi connectivity index (χ0) is 25.5. The molecule has 186 valence electrons. The van der Waals surface area contributed by atoms with Gasteiger partial charge in [0.15, 0.2) is 16.7 Å². The number of carbonyl (C=O) groups excluding carboxylic acids is 1. The van der Waals surface area contributed by atoms with Crippen molar-refractivity contribution in [3.63, 3.8) is 0 Å². The van der Waals surface area contributed by atoms with E-state index >= 15 is 0 Å². The molecule has 0 bridgehead atoms. The van der Waals surface area contributed by atoms with Crippen molar-refractivity contribution < 1.29 is 19.0 Å². The molecule has 0 radical (unpaired) electrons. The summed E-state index contributed by atoms with van der Waals surface area (Å²) in [6.07, 6.45) is 1.81. The van der Waals surface area contributed by atoms with Crippen LogP contribution in [0.2, 0.25) is 5.02 Å². The van der Waals surface area contributed by atoms with Crippen LogP contribution in [0.5, 0.6) is 17.2 Å². The fourth-order valence-corrected chi connectivity index (χ4v) is 4.93. The molecule has 0 aliphatic carbocycles. The number of halogens is 1. The number of ether oxygens (including phenoxy) is 3. The highest BCUT2D eigenvalue weighted by Crippen LogP contribution is 2.40. The number of hydrogen-bond acceptors (Lipinski definition) is 6. The summed E-state index contributed by atoms with van der Waals surface area (Å²) >= 11 is 7.93. The number of thioether (sulfide) groups is 1. The Morgan fingerprint density at radius 3 is 2.44 bits per heavy atom. The molecule has 0 saturated carbocycles. The van der Waals surface area contributed by atoms with Gasteiger partial charge in [0.05, 0.1) is 29.3 Å². The Morgan fingerprint density at radius 1 is 1.03 bits per heavy atom. The zero-order valence-electron chi connectivity index (χ0n) is 20.4. The summed E-state index contributed by atoms with van der Waals surface area (Å²) in [5, 5.41) is 1.04. The molecule has 1 saturated heterocycles. The molecule has 1 aliphatic heterocycles. The number of nitrogens with zero attached hydrogens (tertiary/aromatic N) is 2. The molecule has 0 atom stereocenters. The summed E-state index contributed by atoms with van der Waals surface area (Å²) in [4.78, 5) is 20.0. The Balaban J connectivity index is 1.60. The van der Waals surface area contributed by atoms with Gasteiger partial charge in [0.1, 0.15) is 12.4 Å². The van der Waals surface area contributed by atoms with Gasteiger partial charge in [-0.25, -0.2) is 4.99 Å². The smallest absolute Gasteiger partial charge is 0.266 e. The number of likely N-dealkylation sites (N-methyl/N-ethyl adjacent to an activating group) is 1. The van der Waals surface area contributed by atoms with E-state index in [1.807, 2.05) is 80.6 Å². The molecule has 36 heavy (non-hydrogen) atoms. The predicted molar refractivity (Wildman–Crippen MR) is 146 cm³/mol. The minimum Gasteiger partial charge on any atom is -0.497 e. The SMILES string of the molecule is CCOc1cc(/C=C2/SC(=Nc3ccc(OC)cc3)N(CC)C2=O)cc(Cl)c1OCc1ccccc1. The van der Waals surface area contributed by atoms with Gasteiger partial charge >= 0.3 is 0 Å². The number of amidine groups is 1. The van der Waals surface area contributed by atoms with Crippen LogP contribution in [0.3, 0.4) is 0 Å². The van der Waals surface area contributed by atoms with Crippen LogP contribution in [-0.2, 0) is 11.4 Å². The van der Waals surface area contributed by atoms with Crippen LogP contribution in [0.1, 0.15) is 25.0 Å². The minimum atomic E-state index is -0.103. The fourth-order valence-electron chi connectivity index (χ4n) is 3.59. The molecule has 1 amide bonds. The van der Waals surface area contributed by atoms with Gasteiger partial charge < -0.3 is 14.2 Å². The van der Waals surface area contributed by atoms with Gasteiger partial charge in [-0.3, -0.25) is 9.69 Å². The largest absolute Gasteiger partial charge is 0.497 e. The molecule has 0 unspecified atom stereocenters. The van der Waals surface area contributed by atoms with Gasteiger partial charge in [-0.2, -0.15) is 0 Å². The average molecular weight is 523 g/mol. The lowest BCUT2D eigenvalue weighted by Crippen LogP contribution is -2.28. The maximum Gasteiger partial charge on any atom is 0.266 e. The Labute approximate surface area is 220 Å². The fraction of sp³-hybridized carbons (Fsp3) is 0.214. The summed E-state index contributed by atoms with van der Waals surface area (Å²) in [7, 11) is 1.62. The van der Waals surface area contributed by atoms with Crippen molar-refractivity contribution in [2.45, 2.75) is 20.5 Å². The Kier molecular flexibility index (Phi) is 8.57. The lowest BCUT2D eigenvalue weighted by atomic mass is 10.1. The summed E-state index contributed by atoms with van der Waals surface area (Å²) in [5.41, 5.74) is 2.51. The number of hydrogen-bond donors (Lipinski definition) is 0. The number of aliphatic imine (C=N–C) groups is 1. The van der Waals surface area contributed by atoms with Gasteiger partial charge in [-0.1, -0.05) is 41.9 Å². The van der Waals surface area contributed by atoms with Crippen molar-refractivity contribution in [1.82, 2.24) is 4.90 Å². The van der Waals surface area contributed by atoms with Gasteiger partial charge in [-0.05, 0) is 79.2 Å². The van der Waals surface area contributed by atoms with Crippen LogP contribution in [0.25, 0.3) is 6.08 Å². The standard InChI is InChI=1S/C28H27ClN2O4S/c1-4-31-27(32)25(36-28(31)30-21-11-13-22(33-3)14-12-21)17-20-15-23(29)26(24(16-20)34-5-2)35-18-19-9-7-6-8-10-19/h6-17H,4-5,18H2,1-3H3/b25-17+,30-28?. The molecular weight excluding hydrogens is 496 g/mol. The molecule has 8 heteroatoms. The number of benzene rings is 3. The molecule has 0 spiro atoms. The molecule has 3 aromatic carbocycles. The van der Waals surface area contributed by atoms with Crippen molar-refractivity contribution in [2.75, 3.05) is 20.3 Å². The van der Waals surface area contributed by atoms with Gasteiger partial charge in [0, 0.05) is 6.54 Å². The van der Waals surface area contributed by atoms with E-state index in [0.717, 1.165) is 22.6 Å². The highest BCUT2D eigenvalue weighted by atomic mass is 35.5. The molecule has 0 N–H and O–H groups in total. The highest BCUT2D eigenvalue weighted by molar-refractivity contribution is 8.18. The first-order chi connectivity index (χ1) is 17.5. The first-order valence-corrected chi connectivity index (χ1v) is 12.8. The second-order valence-corrected chi connectivity index (χ2v) is 9.21. The third-order valence-electron chi connectivity index (χ3n) is 5.36. The predicted octanol–water partition coefficient (Wildman–Crippen LogP) is 6.95. The van der Waals surface area contributed by atoms with E-state index in [4.69, 9.17) is 25.8 Å². The monoisotopic (exact) mass is 522 g/mol. The van der Waals surface area contributed by atoms with Crippen LogP contribution in [0.4, 0.5) is 5.69 Å². The van der Waals surface area contributed by atoms with E-state index in [-0.39, 0.29) is 5.91 Å². The molecular formula is C28H27ClN2O4S. The van der Waals surface area contributed by atoms with Gasteiger partial charge in [0.2, 0.25) is 0 Å². The van der Waals surface area contributed by atoms with E-state index < -0.39 is 0 Å². The maximum atomic E-state index is 13.1. The van der Waals surface area contributed by atoms with Crippen LogP contribution < -0.4 is 14.2 Å². The molecule has 0 aromatic heterocycles. The summed E-state index contributed by atoms with van der Waals surface area (Å²) in [5.74, 6) is 1.66. The number of amides is 1. The lowest BCUT2D eigenvalue weighted by molar-refractivity contribution is -0.122. The quantitative estimate of drug-likeness (QED) is 0.284. The van der Waals surface area contributed by atoms with Crippen molar-refractivity contribution in [2.24, 2.45) is 4.99 Å². The van der Waals surface area contributed by atoms with E-state index in [0.29, 0.717) is 46.4 Å². The third kappa shape index (κ3) is 6.04. The van der Waals surface area contributed by atoms with Crippen LogP contribution in [0.15, 0.2) is 76.6 Å². The topological polar surface area (TPSA) is 60.4 Å². The highest BCUT2D eigenvalue weighted by Gasteiger charge is 2.32. The van der Waals surface area contributed by atoms with Gasteiger partial charge in [0.25, 0.3) is 5.91 Å². The molecule has 6 nitrogen and oxygen atoms in total. The lowest BCUT2D eigenvalue weighted by Gasteiger charge is -2.15. The first kappa shape index (κ1) is 25.7. The van der Waals surface area contributed by atoms with Crippen LogP contribution >= 0.6 is 23.4 Å². The number of carbonyl (C=O) groups is 1. The average Bonchev–Trinajstić information content (AvgIpc) is 3.18. The van der Waals surface area contributed by atoms with E-state index in [9.17, 15) is 4.79 Å². The molecule has 1 heterocycles. The summed E-state index contributed by atoms with van der Waals surface area (Å²) in [6, 6.07) is 20.9. The summed E-state index contributed by atoms with van der Waals surface area (Å²) in [6.45, 7) is 5.15. The molecule has 1 aliphatic rings. The van der Waals surface area contributed by atoms with Crippen molar-refractivity contribution in [3.8, 4) is 17.2 Å². The van der Waals surface area contributed by atoms with Crippen LogP contribution in [-0.4, -0.2) is 36.2 Å². The third-order valence-corrected chi connectivity index (χ3v) is 6.64. The number of rotatable bonds is 9. The Bertz CT molecular complexity index is 1280. The number of methoxy groups -OCH3 is 1. The minimum absolute atomic E-state index is 0.103. The van der Waals surface area contributed by atoms with E-state index in [1.165, 1.54) is 11.8 Å². The normalized spacial score (nSPS) is 15.6.